The summed E-state index contributed by atoms with van der Waals surface area (Å²) in [4.78, 5) is 11.6. The number of aromatic nitrogens is 2. The molecule has 0 aliphatic rings. The van der Waals surface area contributed by atoms with Crippen LogP contribution in [-0.4, -0.2) is 9.78 Å². The number of benzene rings is 1. The van der Waals surface area contributed by atoms with Crippen LogP contribution in [0.4, 0.5) is 5.69 Å². The summed E-state index contributed by atoms with van der Waals surface area (Å²) in [5.41, 5.74) is 8.50. The zero-order valence-corrected chi connectivity index (χ0v) is 9.27. The lowest BCUT2D eigenvalue weighted by molar-refractivity contribution is 0.711. The first-order chi connectivity index (χ1) is 7.59. The zero-order chi connectivity index (χ0) is 11.7. The number of nitrogens with two attached hydrogens (primary N) is 1. The van der Waals surface area contributed by atoms with Crippen molar-refractivity contribution in [2.75, 3.05) is 5.73 Å². The standard InChI is InChI=1S/C12H13N3O/c1-8-4-3-5-9(6-8)10-7-14-15(2)12(16)11(10)13/h3-7H,13H2,1-2H3. The average molecular weight is 215 g/mol. The van der Waals surface area contributed by atoms with Gasteiger partial charge in [0.25, 0.3) is 5.56 Å². The molecule has 1 aromatic carbocycles. The number of nitrogen functional groups attached to an aromatic ring is 1. The molecule has 0 aliphatic heterocycles. The molecule has 0 amide bonds. The van der Waals surface area contributed by atoms with E-state index >= 15 is 0 Å². The minimum absolute atomic E-state index is 0.239. The first-order valence-electron chi connectivity index (χ1n) is 4.98. The van der Waals surface area contributed by atoms with Crippen LogP contribution in [0.25, 0.3) is 11.1 Å². The van der Waals surface area contributed by atoms with Crippen LogP contribution in [0.5, 0.6) is 0 Å². The molecule has 0 spiro atoms. The highest BCUT2D eigenvalue weighted by atomic mass is 16.1. The van der Waals surface area contributed by atoms with Crippen LogP contribution in [-0.2, 0) is 7.05 Å². The van der Waals surface area contributed by atoms with Crippen LogP contribution in [0.1, 0.15) is 5.56 Å². The third-order valence-corrected chi connectivity index (χ3v) is 2.50. The smallest absolute Gasteiger partial charge is 0.290 e. The summed E-state index contributed by atoms with van der Waals surface area (Å²) in [5.74, 6) is 0. The number of nitrogens with zero attached hydrogens (tertiary/aromatic N) is 2. The molecule has 0 atom stereocenters. The summed E-state index contributed by atoms with van der Waals surface area (Å²) < 4.78 is 1.23. The molecule has 4 nitrogen and oxygen atoms in total. The Morgan fingerprint density at radius 1 is 1.38 bits per heavy atom. The Morgan fingerprint density at radius 3 is 2.81 bits per heavy atom. The molecule has 0 radical (unpaired) electrons. The molecular weight excluding hydrogens is 202 g/mol. The molecule has 1 heterocycles. The van der Waals surface area contributed by atoms with Crippen LogP contribution in [0, 0.1) is 6.92 Å². The maximum absolute atomic E-state index is 11.6. The van der Waals surface area contributed by atoms with E-state index in [0.717, 1.165) is 11.1 Å². The van der Waals surface area contributed by atoms with Gasteiger partial charge in [-0.3, -0.25) is 4.79 Å². The summed E-state index contributed by atoms with van der Waals surface area (Å²) in [7, 11) is 1.58. The average Bonchev–Trinajstić information content (AvgIpc) is 2.26. The van der Waals surface area contributed by atoms with Crippen molar-refractivity contribution in [2.45, 2.75) is 6.92 Å². The van der Waals surface area contributed by atoms with Gasteiger partial charge >= 0.3 is 0 Å². The van der Waals surface area contributed by atoms with E-state index in [9.17, 15) is 4.79 Å². The van der Waals surface area contributed by atoms with E-state index in [2.05, 4.69) is 5.10 Å². The maximum atomic E-state index is 11.6. The fourth-order valence-electron chi connectivity index (χ4n) is 1.60. The van der Waals surface area contributed by atoms with Crippen molar-refractivity contribution >= 4 is 5.69 Å². The molecule has 0 fully saturated rings. The van der Waals surface area contributed by atoms with Crippen molar-refractivity contribution in [1.82, 2.24) is 9.78 Å². The minimum Gasteiger partial charge on any atom is -0.394 e. The summed E-state index contributed by atoms with van der Waals surface area (Å²) in [6.45, 7) is 1.99. The number of anilines is 1. The molecule has 2 rings (SSSR count). The SMILES string of the molecule is Cc1cccc(-c2cnn(C)c(=O)c2N)c1. The van der Waals surface area contributed by atoms with Crippen molar-refractivity contribution < 1.29 is 0 Å². The number of hydrogen-bond donors (Lipinski definition) is 1. The Morgan fingerprint density at radius 2 is 2.12 bits per heavy atom. The second-order valence-corrected chi connectivity index (χ2v) is 3.77. The summed E-state index contributed by atoms with van der Waals surface area (Å²) >= 11 is 0. The van der Waals surface area contributed by atoms with Gasteiger partial charge in [0.05, 0.1) is 6.20 Å². The second-order valence-electron chi connectivity index (χ2n) is 3.77. The van der Waals surface area contributed by atoms with E-state index in [1.165, 1.54) is 4.68 Å². The van der Waals surface area contributed by atoms with Crippen LogP contribution >= 0.6 is 0 Å². The lowest BCUT2D eigenvalue weighted by atomic mass is 10.0. The van der Waals surface area contributed by atoms with Gasteiger partial charge in [-0.15, -0.1) is 0 Å². The fraction of sp³-hybridized carbons (Fsp3) is 0.167. The van der Waals surface area contributed by atoms with E-state index in [-0.39, 0.29) is 11.2 Å². The van der Waals surface area contributed by atoms with E-state index < -0.39 is 0 Å². The van der Waals surface area contributed by atoms with Crippen molar-refractivity contribution in [2.24, 2.45) is 7.05 Å². The lowest BCUT2D eigenvalue weighted by Gasteiger charge is -2.06. The maximum Gasteiger partial charge on any atom is 0.290 e. The summed E-state index contributed by atoms with van der Waals surface area (Å²) in [6, 6.07) is 7.82. The molecule has 0 bridgehead atoms. The molecule has 1 aromatic heterocycles. The van der Waals surface area contributed by atoms with Crippen LogP contribution < -0.4 is 11.3 Å². The predicted molar refractivity (Wildman–Crippen MR) is 64.1 cm³/mol. The van der Waals surface area contributed by atoms with E-state index in [0.29, 0.717) is 5.56 Å². The molecule has 0 saturated heterocycles. The Balaban J connectivity index is 2.66. The number of aryl methyl sites for hydroxylation is 2. The van der Waals surface area contributed by atoms with Gasteiger partial charge in [-0.05, 0) is 12.5 Å². The summed E-state index contributed by atoms with van der Waals surface area (Å²) in [5, 5.41) is 3.97. The van der Waals surface area contributed by atoms with Gasteiger partial charge in [-0.1, -0.05) is 29.8 Å². The van der Waals surface area contributed by atoms with Crippen molar-refractivity contribution in [3.8, 4) is 11.1 Å². The van der Waals surface area contributed by atoms with Crippen molar-refractivity contribution in [3.05, 3.63) is 46.4 Å². The molecule has 2 N–H and O–H groups in total. The van der Waals surface area contributed by atoms with Crippen LogP contribution in [0.15, 0.2) is 35.3 Å². The van der Waals surface area contributed by atoms with E-state index in [1.807, 2.05) is 31.2 Å². The molecule has 16 heavy (non-hydrogen) atoms. The number of rotatable bonds is 1. The zero-order valence-electron chi connectivity index (χ0n) is 9.27. The van der Waals surface area contributed by atoms with Gasteiger partial charge in [0.2, 0.25) is 0 Å². The summed E-state index contributed by atoms with van der Waals surface area (Å²) in [6.07, 6.45) is 1.62. The van der Waals surface area contributed by atoms with Gasteiger partial charge in [0.1, 0.15) is 5.69 Å². The predicted octanol–water partition coefficient (Wildman–Crippen LogP) is 1.34. The minimum atomic E-state index is -0.265. The van der Waals surface area contributed by atoms with Crippen molar-refractivity contribution in [1.29, 1.82) is 0 Å². The van der Waals surface area contributed by atoms with Crippen LogP contribution in [0.3, 0.4) is 0 Å². The molecule has 82 valence electrons. The Labute approximate surface area is 93.3 Å². The molecule has 0 aliphatic carbocycles. The van der Waals surface area contributed by atoms with Gasteiger partial charge in [-0.25, -0.2) is 4.68 Å². The highest BCUT2D eigenvalue weighted by Gasteiger charge is 2.07. The first kappa shape index (κ1) is 10.4. The highest BCUT2D eigenvalue weighted by Crippen LogP contribution is 2.22. The molecule has 0 saturated carbocycles. The largest absolute Gasteiger partial charge is 0.394 e. The number of hydrogen-bond acceptors (Lipinski definition) is 3. The Kier molecular flexibility index (Phi) is 2.48. The highest BCUT2D eigenvalue weighted by molar-refractivity contribution is 5.74. The van der Waals surface area contributed by atoms with Gasteiger partial charge in [0, 0.05) is 12.6 Å². The van der Waals surface area contributed by atoms with Gasteiger partial charge < -0.3 is 5.73 Å². The Hall–Kier alpha value is -2.10. The second kappa shape index (κ2) is 3.81. The lowest BCUT2D eigenvalue weighted by Crippen LogP contribution is -2.22. The Bertz CT molecular complexity index is 587. The van der Waals surface area contributed by atoms with Crippen LogP contribution in [0.2, 0.25) is 0 Å². The van der Waals surface area contributed by atoms with E-state index in [1.54, 1.807) is 13.2 Å². The molecular formula is C12H13N3O. The van der Waals surface area contributed by atoms with Crippen molar-refractivity contribution in [3.63, 3.8) is 0 Å². The quantitative estimate of drug-likeness (QED) is 0.780. The molecule has 4 heteroatoms. The third-order valence-electron chi connectivity index (χ3n) is 2.50. The monoisotopic (exact) mass is 215 g/mol. The third kappa shape index (κ3) is 1.69. The first-order valence-corrected chi connectivity index (χ1v) is 4.98. The molecule has 2 aromatic rings. The molecule has 0 unspecified atom stereocenters. The topological polar surface area (TPSA) is 60.9 Å². The fourth-order valence-corrected chi connectivity index (χ4v) is 1.60. The van der Waals surface area contributed by atoms with Gasteiger partial charge in [-0.2, -0.15) is 5.10 Å². The normalized spacial score (nSPS) is 10.4. The van der Waals surface area contributed by atoms with E-state index in [4.69, 9.17) is 5.73 Å². The van der Waals surface area contributed by atoms with Gasteiger partial charge in [0.15, 0.2) is 0 Å².